The van der Waals surface area contributed by atoms with Crippen molar-refractivity contribution in [1.82, 2.24) is 0 Å². The summed E-state index contributed by atoms with van der Waals surface area (Å²) in [6, 6.07) is 0. The van der Waals surface area contributed by atoms with E-state index in [1.54, 1.807) is 0 Å². The van der Waals surface area contributed by atoms with Crippen molar-refractivity contribution >= 4 is 12.4 Å². The van der Waals surface area contributed by atoms with Crippen LogP contribution in [0, 0.1) is 11.3 Å². The molecule has 2 rings (SSSR count). The Balaban J connectivity index is 2.19. The second kappa shape index (κ2) is 2.54. The van der Waals surface area contributed by atoms with E-state index in [4.69, 9.17) is 0 Å². The molecule has 1 fully saturated rings. The third kappa shape index (κ3) is 1.63. The zero-order chi connectivity index (χ0) is 8.60. The van der Waals surface area contributed by atoms with Gasteiger partial charge in [0.2, 0.25) is 0 Å². The maximum atomic E-state index is 4.45. The van der Waals surface area contributed by atoms with Crippen LogP contribution >= 0.6 is 0 Å². The van der Waals surface area contributed by atoms with Crippen molar-refractivity contribution in [3.05, 3.63) is 11.9 Å². The standard InChI is InChI=1S/C10H14N2/c1-10(2)6-11-5-9(12-7-10)8-3-4-8/h5-8H,3-4H2,1-2H3. The summed E-state index contributed by atoms with van der Waals surface area (Å²) < 4.78 is 0. The smallest absolute Gasteiger partial charge is 0.0613 e. The van der Waals surface area contributed by atoms with E-state index in [0.717, 1.165) is 5.70 Å². The Morgan fingerprint density at radius 2 is 2.08 bits per heavy atom. The average Bonchev–Trinajstić information content (AvgIpc) is 2.74. The minimum atomic E-state index is 0.0210. The monoisotopic (exact) mass is 162 g/mol. The predicted octanol–water partition coefficient (Wildman–Crippen LogP) is 2.42. The van der Waals surface area contributed by atoms with Crippen LogP contribution < -0.4 is 0 Å². The first kappa shape index (κ1) is 7.71. The molecule has 0 radical (unpaired) electrons. The van der Waals surface area contributed by atoms with E-state index in [0.29, 0.717) is 5.92 Å². The van der Waals surface area contributed by atoms with E-state index in [9.17, 15) is 0 Å². The summed E-state index contributed by atoms with van der Waals surface area (Å²) in [7, 11) is 0. The molecule has 64 valence electrons. The van der Waals surface area contributed by atoms with Crippen LogP contribution in [0.2, 0.25) is 0 Å². The van der Waals surface area contributed by atoms with Gasteiger partial charge in [0.05, 0.1) is 5.70 Å². The zero-order valence-electron chi connectivity index (χ0n) is 7.62. The van der Waals surface area contributed by atoms with Crippen molar-refractivity contribution in [2.24, 2.45) is 21.3 Å². The molecule has 0 aromatic heterocycles. The first-order chi connectivity index (χ1) is 5.67. The van der Waals surface area contributed by atoms with Crippen molar-refractivity contribution in [1.29, 1.82) is 0 Å². The van der Waals surface area contributed by atoms with Crippen molar-refractivity contribution in [2.45, 2.75) is 26.7 Å². The fourth-order valence-electron chi connectivity index (χ4n) is 1.20. The molecule has 0 amide bonds. The van der Waals surface area contributed by atoms with E-state index < -0.39 is 0 Å². The fraction of sp³-hybridized carbons (Fsp3) is 0.600. The Morgan fingerprint density at radius 3 is 2.75 bits per heavy atom. The van der Waals surface area contributed by atoms with Gasteiger partial charge in [-0.05, 0) is 26.7 Å². The van der Waals surface area contributed by atoms with Gasteiger partial charge in [0.15, 0.2) is 0 Å². The minimum Gasteiger partial charge on any atom is -0.266 e. The van der Waals surface area contributed by atoms with Gasteiger partial charge in [-0.3, -0.25) is 9.98 Å². The van der Waals surface area contributed by atoms with Gasteiger partial charge in [-0.25, -0.2) is 0 Å². The SMILES string of the molecule is CC1(C)C=NC=C(C2CC2)N=C1. The Hall–Kier alpha value is -0.920. The molecule has 0 saturated heterocycles. The van der Waals surface area contributed by atoms with Crippen LogP contribution in [-0.4, -0.2) is 12.4 Å². The summed E-state index contributed by atoms with van der Waals surface area (Å²) in [4.78, 5) is 8.70. The van der Waals surface area contributed by atoms with E-state index in [-0.39, 0.29) is 5.41 Å². The van der Waals surface area contributed by atoms with Gasteiger partial charge in [-0.2, -0.15) is 0 Å². The number of allylic oxidation sites excluding steroid dienone is 1. The summed E-state index contributed by atoms with van der Waals surface area (Å²) in [6.45, 7) is 4.23. The quantitative estimate of drug-likeness (QED) is 0.565. The molecule has 1 heterocycles. The zero-order valence-corrected chi connectivity index (χ0v) is 7.62. The molecule has 0 bridgehead atoms. The van der Waals surface area contributed by atoms with Gasteiger partial charge in [-0.1, -0.05) is 0 Å². The van der Waals surface area contributed by atoms with Gasteiger partial charge in [0, 0.05) is 30.0 Å². The lowest BCUT2D eigenvalue weighted by molar-refractivity contribution is 0.765. The lowest BCUT2D eigenvalue weighted by atomic mass is 9.98. The first-order valence-electron chi connectivity index (χ1n) is 4.47. The molecule has 0 atom stereocenters. The van der Waals surface area contributed by atoms with Crippen LogP contribution in [0.3, 0.4) is 0 Å². The predicted molar refractivity (Wildman–Crippen MR) is 51.6 cm³/mol. The molecule has 2 nitrogen and oxygen atoms in total. The number of hydrogen-bond acceptors (Lipinski definition) is 2. The second-order valence-corrected chi connectivity index (χ2v) is 4.19. The van der Waals surface area contributed by atoms with Gasteiger partial charge in [-0.15, -0.1) is 0 Å². The van der Waals surface area contributed by atoms with Crippen LogP contribution in [-0.2, 0) is 0 Å². The molecule has 2 aliphatic rings. The Morgan fingerprint density at radius 1 is 1.33 bits per heavy atom. The summed E-state index contributed by atoms with van der Waals surface area (Å²) in [5, 5.41) is 0. The highest BCUT2D eigenvalue weighted by molar-refractivity contribution is 5.89. The molecule has 1 aliphatic carbocycles. The molecule has 0 spiro atoms. The molecule has 0 N–H and O–H groups in total. The number of nitrogens with zero attached hydrogens (tertiary/aromatic N) is 2. The molecular formula is C10H14N2. The number of aliphatic imine (C=N–C) groups is 2. The third-order valence-electron chi connectivity index (χ3n) is 2.16. The van der Waals surface area contributed by atoms with E-state index in [1.165, 1.54) is 12.8 Å². The fourth-order valence-corrected chi connectivity index (χ4v) is 1.20. The van der Waals surface area contributed by atoms with Gasteiger partial charge < -0.3 is 0 Å². The second-order valence-electron chi connectivity index (χ2n) is 4.19. The van der Waals surface area contributed by atoms with Crippen LogP contribution in [0.1, 0.15) is 26.7 Å². The van der Waals surface area contributed by atoms with Gasteiger partial charge >= 0.3 is 0 Å². The van der Waals surface area contributed by atoms with Crippen molar-refractivity contribution < 1.29 is 0 Å². The molecule has 0 unspecified atom stereocenters. The highest BCUT2D eigenvalue weighted by Gasteiger charge is 2.27. The Labute approximate surface area is 73.1 Å². The highest BCUT2D eigenvalue weighted by atomic mass is 14.8. The number of rotatable bonds is 1. The van der Waals surface area contributed by atoms with Crippen LogP contribution in [0.25, 0.3) is 0 Å². The van der Waals surface area contributed by atoms with Gasteiger partial charge in [0.1, 0.15) is 0 Å². The molecule has 0 aromatic carbocycles. The van der Waals surface area contributed by atoms with Crippen LogP contribution in [0.5, 0.6) is 0 Å². The largest absolute Gasteiger partial charge is 0.266 e. The number of hydrogen-bond donors (Lipinski definition) is 0. The molecule has 0 aromatic rings. The lowest BCUT2D eigenvalue weighted by Gasteiger charge is -2.09. The summed E-state index contributed by atoms with van der Waals surface area (Å²) in [5.74, 6) is 0.701. The van der Waals surface area contributed by atoms with Crippen molar-refractivity contribution in [3.63, 3.8) is 0 Å². The van der Waals surface area contributed by atoms with E-state index in [1.807, 2.05) is 18.6 Å². The van der Waals surface area contributed by atoms with Crippen LogP contribution in [0.15, 0.2) is 21.9 Å². The summed E-state index contributed by atoms with van der Waals surface area (Å²) in [5.41, 5.74) is 1.18. The highest BCUT2D eigenvalue weighted by Crippen LogP contribution is 2.37. The average molecular weight is 162 g/mol. The normalized spacial score (nSPS) is 26.7. The maximum Gasteiger partial charge on any atom is 0.0613 e. The maximum absolute atomic E-state index is 4.45. The van der Waals surface area contributed by atoms with E-state index in [2.05, 4.69) is 23.8 Å². The summed E-state index contributed by atoms with van der Waals surface area (Å²) in [6.07, 6.45) is 8.43. The minimum absolute atomic E-state index is 0.0210. The third-order valence-corrected chi connectivity index (χ3v) is 2.16. The molecule has 1 aliphatic heterocycles. The molecule has 1 saturated carbocycles. The Bertz CT molecular complexity index is 268. The van der Waals surface area contributed by atoms with Crippen molar-refractivity contribution in [2.75, 3.05) is 0 Å². The van der Waals surface area contributed by atoms with Gasteiger partial charge in [0.25, 0.3) is 0 Å². The lowest BCUT2D eigenvalue weighted by Crippen LogP contribution is -2.13. The molecule has 12 heavy (non-hydrogen) atoms. The molecule has 2 heteroatoms. The topological polar surface area (TPSA) is 24.7 Å². The van der Waals surface area contributed by atoms with E-state index >= 15 is 0 Å². The molecular weight excluding hydrogens is 148 g/mol. The van der Waals surface area contributed by atoms with Crippen molar-refractivity contribution in [3.8, 4) is 0 Å². The Kier molecular flexibility index (Phi) is 1.63. The summed E-state index contributed by atoms with van der Waals surface area (Å²) >= 11 is 0. The first-order valence-corrected chi connectivity index (χ1v) is 4.47. The van der Waals surface area contributed by atoms with Crippen LogP contribution in [0.4, 0.5) is 0 Å².